The number of nitrogens with one attached hydrogen (secondary N) is 1. The standard InChI is InChI=1S/C18H20N2O4/c1-4-20(13-8-6-5-7-9-13)18(22)17(21)19-15-12-14(23-2)10-11-16(15)24-3/h5-12H,4H2,1-3H3,(H,19,21). The van der Waals surface area contributed by atoms with Gasteiger partial charge in [0.2, 0.25) is 0 Å². The topological polar surface area (TPSA) is 67.9 Å². The van der Waals surface area contributed by atoms with Crippen LogP contribution < -0.4 is 19.7 Å². The molecule has 0 unspecified atom stereocenters. The van der Waals surface area contributed by atoms with E-state index < -0.39 is 11.8 Å². The van der Waals surface area contributed by atoms with Crippen LogP contribution >= 0.6 is 0 Å². The van der Waals surface area contributed by atoms with Crippen molar-refractivity contribution in [1.29, 1.82) is 0 Å². The Labute approximate surface area is 141 Å². The first-order valence-corrected chi connectivity index (χ1v) is 7.50. The minimum atomic E-state index is -0.743. The molecule has 6 nitrogen and oxygen atoms in total. The number of amides is 2. The number of benzene rings is 2. The van der Waals surface area contributed by atoms with Crippen molar-refractivity contribution >= 4 is 23.2 Å². The zero-order valence-electron chi connectivity index (χ0n) is 13.9. The molecule has 0 saturated heterocycles. The maximum absolute atomic E-state index is 12.5. The third-order valence-corrected chi connectivity index (χ3v) is 3.48. The van der Waals surface area contributed by atoms with Gasteiger partial charge in [0.15, 0.2) is 0 Å². The summed E-state index contributed by atoms with van der Waals surface area (Å²) in [6, 6.07) is 14.0. The molecule has 2 rings (SSSR count). The largest absolute Gasteiger partial charge is 0.497 e. The number of likely N-dealkylation sites (N-methyl/N-ethyl adjacent to an activating group) is 1. The summed E-state index contributed by atoms with van der Waals surface area (Å²) in [6.45, 7) is 2.19. The number of hydrogen-bond donors (Lipinski definition) is 1. The third-order valence-electron chi connectivity index (χ3n) is 3.48. The number of rotatable bonds is 5. The van der Waals surface area contributed by atoms with Crippen LogP contribution in [0.15, 0.2) is 48.5 Å². The van der Waals surface area contributed by atoms with Crippen LogP contribution in [-0.4, -0.2) is 32.6 Å². The fourth-order valence-corrected chi connectivity index (χ4v) is 2.26. The Morgan fingerprint density at radius 3 is 2.33 bits per heavy atom. The molecule has 1 N–H and O–H groups in total. The van der Waals surface area contributed by atoms with E-state index in [9.17, 15) is 9.59 Å². The molecular formula is C18H20N2O4. The van der Waals surface area contributed by atoms with Gasteiger partial charge in [0, 0.05) is 18.3 Å². The smallest absolute Gasteiger partial charge is 0.316 e. The van der Waals surface area contributed by atoms with Crippen LogP contribution in [0.1, 0.15) is 6.92 Å². The highest BCUT2D eigenvalue weighted by Gasteiger charge is 2.23. The second-order valence-corrected chi connectivity index (χ2v) is 4.91. The van der Waals surface area contributed by atoms with Gasteiger partial charge in [0.05, 0.1) is 19.9 Å². The highest BCUT2D eigenvalue weighted by Crippen LogP contribution is 2.29. The van der Waals surface area contributed by atoms with Crippen molar-refractivity contribution in [3.05, 3.63) is 48.5 Å². The fraction of sp³-hybridized carbons (Fsp3) is 0.222. The number of hydrogen-bond acceptors (Lipinski definition) is 4. The molecule has 0 bridgehead atoms. The summed E-state index contributed by atoms with van der Waals surface area (Å²) in [7, 11) is 3.01. The molecule has 0 heterocycles. The van der Waals surface area contributed by atoms with Crippen LogP contribution in [0.2, 0.25) is 0 Å². The van der Waals surface area contributed by atoms with Crippen LogP contribution in [-0.2, 0) is 9.59 Å². The highest BCUT2D eigenvalue weighted by atomic mass is 16.5. The summed E-state index contributed by atoms with van der Waals surface area (Å²) in [5.41, 5.74) is 1.04. The zero-order valence-corrected chi connectivity index (χ0v) is 13.9. The Balaban J connectivity index is 2.21. The predicted molar refractivity (Wildman–Crippen MR) is 92.6 cm³/mol. The van der Waals surface area contributed by atoms with E-state index in [0.717, 1.165) is 0 Å². The first-order chi connectivity index (χ1) is 11.6. The van der Waals surface area contributed by atoms with Crippen molar-refractivity contribution in [1.82, 2.24) is 0 Å². The maximum Gasteiger partial charge on any atom is 0.316 e. The van der Waals surface area contributed by atoms with Gasteiger partial charge >= 0.3 is 11.8 Å². The monoisotopic (exact) mass is 328 g/mol. The molecule has 0 fully saturated rings. The molecular weight excluding hydrogens is 308 g/mol. The zero-order chi connectivity index (χ0) is 17.5. The number of para-hydroxylation sites is 1. The van der Waals surface area contributed by atoms with E-state index in [1.807, 2.05) is 25.1 Å². The number of anilines is 2. The molecule has 0 atom stereocenters. The molecule has 2 aromatic carbocycles. The SMILES string of the molecule is CCN(C(=O)C(=O)Nc1cc(OC)ccc1OC)c1ccccc1. The van der Waals surface area contributed by atoms with Crippen LogP contribution in [0.3, 0.4) is 0 Å². The van der Waals surface area contributed by atoms with E-state index >= 15 is 0 Å². The summed E-state index contributed by atoms with van der Waals surface area (Å²) in [5, 5.41) is 2.59. The van der Waals surface area contributed by atoms with Gasteiger partial charge < -0.3 is 19.7 Å². The van der Waals surface area contributed by atoms with E-state index in [2.05, 4.69) is 5.32 Å². The average molecular weight is 328 g/mol. The highest BCUT2D eigenvalue weighted by molar-refractivity contribution is 6.44. The minimum Gasteiger partial charge on any atom is -0.497 e. The molecule has 0 aliphatic rings. The Morgan fingerprint density at radius 1 is 1.04 bits per heavy atom. The van der Waals surface area contributed by atoms with Crippen LogP contribution in [0.25, 0.3) is 0 Å². The summed E-state index contributed by atoms with van der Waals surface area (Å²) < 4.78 is 10.3. The Kier molecular flexibility index (Phi) is 5.78. The Hall–Kier alpha value is -3.02. The molecule has 24 heavy (non-hydrogen) atoms. The summed E-state index contributed by atoms with van der Waals surface area (Å²) in [4.78, 5) is 26.2. The van der Waals surface area contributed by atoms with Crippen LogP contribution in [0, 0.1) is 0 Å². The van der Waals surface area contributed by atoms with Crippen molar-refractivity contribution < 1.29 is 19.1 Å². The molecule has 0 spiro atoms. The molecule has 0 aromatic heterocycles. The number of methoxy groups -OCH3 is 2. The number of nitrogens with zero attached hydrogens (tertiary/aromatic N) is 1. The Morgan fingerprint density at radius 2 is 1.75 bits per heavy atom. The Bertz CT molecular complexity index is 716. The lowest BCUT2D eigenvalue weighted by Gasteiger charge is -2.20. The molecule has 0 saturated carbocycles. The molecule has 2 amide bonds. The van der Waals surface area contributed by atoms with Gasteiger partial charge in [0.1, 0.15) is 11.5 Å². The van der Waals surface area contributed by atoms with Crippen molar-refractivity contribution in [2.75, 3.05) is 31.0 Å². The van der Waals surface area contributed by atoms with Gasteiger partial charge in [-0.25, -0.2) is 0 Å². The second kappa shape index (κ2) is 8.01. The fourth-order valence-electron chi connectivity index (χ4n) is 2.26. The number of carbonyl (C=O) groups excluding carboxylic acids is 2. The van der Waals surface area contributed by atoms with Gasteiger partial charge in [-0.1, -0.05) is 18.2 Å². The van der Waals surface area contributed by atoms with Gasteiger partial charge in [0.25, 0.3) is 0 Å². The second-order valence-electron chi connectivity index (χ2n) is 4.91. The van der Waals surface area contributed by atoms with E-state index in [-0.39, 0.29) is 0 Å². The van der Waals surface area contributed by atoms with E-state index in [0.29, 0.717) is 29.4 Å². The van der Waals surface area contributed by atoms with Crippen molar-refractivity contribution in [3.8, 4) is 11.5 Å². The summed E-state index contributed by atoms with van der Waals surface area (Å²) in [5.74, 6) is -0.394. The third kappa shape index (κ3) is 3.84. The molecule has 2 aromatic rings. The van der Waals surface area contributed by atoms with Gasteiger partial charge in [-0.15, -0.1) is 0 Å². The lowest BCUT2D eigenvalue weighted by atomic mass is 10.2. The van der Waals surface area contributed by atoms with Gasteiger partial charge in [-0.3, -0.25) is 9.59 Å². The molecule has 0 aliphatic carbocycles. The quantitative estimate of drug-likeness (QED) is 0.857. The van der Waals surface area contributed by atoms with Gasteiger partial charge in [-0.05, 0) is 31.2 Å². The van der Waals surface area contributed by atoms with E-state index in [1.165, 1.54) is 19.1 Å². The lowest BCUT2D eigenvalue weighted by molar-refractivity contribution is -0.134. The number of carbonyl (C=O) groups is 2. The van der Waals surface area contributed by atoms with Crippen molar-refractivity contribution in [2.45, 2.75) is 6.92 Å². The van der Waals surface area contributed by atoms with Crippen LogP contribution in [0.4, 0.5) is 11.4 Å². The first-order valence-electron chi connectivity index (χ1n) is 7.50. The summed E-state index contributed by atoms with van der Waals surface area (Å²) >= 11 is 0. The normalized spacial score (nSPS) is 9.96. The molecule has 0 aliphatic heterocycles. The molecule has 6 heteroatoms. The lowest BCUT2D eigenvalue weighted by Crippen LogP contribution is -2.39. The van der Waals surface area contributed by atoms with Gasteiger partial charge in [-0.2, -0.15) is 0 Å². The minimum absolute atomic E-state index is 0.374. The number of ether oxygens (including phenoxy) is 2. The maximum atomic E-state index is 12.5. The average Bonchev–Trinajstić information content (AvgIpc) is 2.63. The van der Waals surface area contributed by atoms with E-state index in [4.69, 9.17) is 9.47 Å². The molecule has 126 valence electrons. The van der Waals surface area contributed by atoms with Crippen molar-refractivity contribution in [3.63, 3.8) is 0 Å². The van der Waals surface area contributed by atoms with E-state index in [1.54, 1.807) is 30.3 Å². The van der Waals surface area contributed by atoms with Crippen LogP contribution in [0.5, 0.6) is 11.5 Å². The summed E-state index contributed by atoms with van der Waals surface area (Å²) in [6.07, 6.45) is 0. The van der Waals surface area contributed by atoms with Crippen molar-refractivity contribution in [2.24, 2.45) is 0 Å². The first kappa shape index (κ1) is 17.3. The predicted octanol–water partition coefficient (Wildman–Crippen LogP) is 2.70. The molecule has 0 radical (unpaired) electrons.